The van der Waals surface area contributed by atoms with Crippen LogP contribution in [0.15, 0.2) is 72.8 Å². The van der Waals surface area contributed by atoms with Gasteiger partial charge in [-0.25, -0.2) is 0 Å². The number of carbonyl (C=O) groups is 2. The molecule has 0 atom stereocenters. The van der Waals surface area contributed by atoms with E-state index in [4.69, 9.17) is 10.00 Å². The largest absolute Gasteiger partial charge is 0.489 e. The Morgan fingerprint density at radius 2 is 1.68 bits per heavy atom. The fourth-order valence-corrected chi connectivity index (χ4v) is 2.56. The van der Waals surface area contributed by atoms with Crippen molar-refractivity contribution in [1.29, 1.82) is 5.26 Å². The molecule has 0 saturated heterocycles. The highest BCUT2D eigenvalue weighted by atomic mass is 16.5. The first-order valence-corrected chi connectivity index (χ1v) is 8.69. The van der Waals surface area contributed by atoms with Crippen LogP contribution in [0.3, 0.4) is 0 Å². The Morgan fingerprint density at radius 1 is 0.964 bits per heavy atom. The summed E-state index contributed by atoms with van der Waals surface area (Å²) >= 11 is 0. The minimum atomic E-state index is -0.263. The number of Topliss-reactive ketones (excluding diaryl/α,β-unsaturated/α-hetero) is 1. The first kappa shape index (κ1) is 18.9. The second-order valence-electron chi connectivity index (χ2n) is 6.21. The van der Waals surface area contributed by atoms with Crippen molar-refractivity contribution in [2.45, 2.75) is 13.5 Å². The molecule has 0 aliphatic rings. The maximum Gasteiger partial charge on any atom is 0.255 e. The van der Waals surface area contributed by atoms with Crippen molar-refractivity contribution in [3.63, 3.8) is 0 Å². The van der Waals surface area contributed by atoms with Crippen molar-refractivity contribution in [2.75, 3.05) is 5.32 Å². The molecule has 5 nitrogen and oxygen atoms in total. The molecule has 0 saturated carbocycles. The number of carbonyl (C=O) groups excluding carboxylic acids is 2. The molecule has 0 unspecified atom stereocenters. The monoisotopic (exact) mass is 370 g/mol. The zero-order valence-corrected chi connectivity index (χ0v) is 15.3. The molecule has 0 aromatic heterocycles. The molecule has 138 valence electrons. The zero-order valence-electron chi connectivity index (χ0n) is 15.3. The number of nitriles is 1. The lowest BCUT2D eigenvalue weighted by molar-refractivity contribution is 0.101. The summed E-state index contributed by atoms with van der Waals surface area (Å²) in [6, 6.07) is 22.8. The van der Waals surface area contributed by atoms with E-state index in [-0.39, 0.29) is 11.7 Å². The van der Waals surface area contributed by atoms with E-state index in [0.29, 0.717) is 34.7 Å². The van der Waals surface area contributed by atoms with Crippen molar-refractivity contribution >= 4 is 17.4 Å². The third kappa shape index (κ3) is 4.83. The van der Waals surface area contributed by atoms with Crippen LogP contribution in [-0.2, 0) is 6.61 Å². The van der Waals surface area contributed by atoms with Gasteiger partial charge in [0, 0.05) is 16.8 Å². The van der Waals surface area contributed by atoms with Gasteiger partial charge in [0.25, 0.3) is 5.91 Å². The van der Waals surface area contributed by atoms with Crippen LogP contribution < -0.4 is 10.1 Å². The first-order chi connectivity index (χ1) is 13.5. The molecule has 28 heavy (non-hydrogen) atoms. The summed E-state index contributed by atoms with van der Waals surface area (Å²) in [5, 5.41) is 11.6. The van der Waals surface area contributed by atoms with E-state index < -0.39 is 0 Å². The summed E-state index contributed by atoms with van der Waals surface area (Å²) in [5.74, 6) is 0.331. The van der Waals surface area contributed by atoms with E-state index >= 15 is 0 Å². The molecule has 0 fully saturated rings. The molecule has 5 heteroatoms. The predicted octanol–water partition coefficient (Wildman–Crippen LogP) is 4.59. The number of nitrogens with zero attached hydrogens (tertiary/aromatic N) is 1. The van der Waals surface area contributed by atoms with Gasteiger partial charge in [-0.3, -0.25) is 9.59 Å². The van der Waals surface area contributed by atoms with Crippen molar-refractivity contribution in [2.24, 2.45) is 0 Å². The molecule has 1 N–H and O–H groups in total. The molecule has 0 heterocycles. The van der Waals surface area contributed by atoms with Gasteiger partial charge in [-0.2, -0.15) is 5.26 Å². The van der Waals surface area contributed by atoms with E-state index in [2.05, 4.69) is 5.32 Å². The number of hydrogen-bond donors (Lipinski definition) is 1. The van der Waals surface area contributed by atoms with Crippen LogP contribution >= 0.6 is 0 Å². The standard InChI is InChI=1S/C23H18N2O3/c1-16(26)19-9-5-18(6-10-19)15-28-22-4-2-3-20(13-22)23(27)25-21-11-7-17(14-24)8-12-21/h2-13H,15H2,1H3,(H,25,27). The molecular formula is C23H18N2O3. The number of benzene rings is 3. The van der Waals surface area contributed by atoms with Gasteiger partial charge >= 0.3 is 0 Å². The maximum atomic E-state index is 12.4. The molecule has 3 rings (SSSR count). The maximum absolute atomic E-state index is 12.4. The van der Waals surface area contributed by atoms with Gasteiger partial charge in [-0.15, -0.1) is 0 Å². The Morgan fingerprint density at radius 3 is 2.32 bits per heavy atom. The van der Waals surface area contributed by atoms with Crippen LogP contribution in [0.25, 0.3) is 0 Å². The van der Waals surface area contributed by atoms with Crippen LogP contribution in [-0.4, -0.2) is 11.7 Å². The number of amides is 1. The quantitative estimate of drug-likeness (QED) is 0.644. The fraction of sp³-hybridized carbons (Fsp3) is 0.0870. The van der Waals surface area contributed by atoms with E-state index in [1.165, 1.54) is 6.92 Å². The Labute approximate surface area is 163 Å². The van der Waals surface area contributed by atoms with Gasteiger partial charge in [-0.1, -0.05) is 30.3 Å². The molecule has 0 spiro atoms. The molecule has 3 aromatic carbocycles. The molecule has 0 bridgehead atoms. The Balaban J connectivity index is 1.63. The highest BCUT2D eigenvalue weighted by Crippen LogP contribution is 2.17. The Kier molecular flexibility index (Phi) is 5.83. The van der Waals surface area contributed by atoms with Gasteiger partial charge < -0.3 is 10.1 Å². The second kappa shape index (κ2) is 8.65. The van der Waals surface area contributed by atoms with Crippen LogP contribution in [0, 0.1) is 11.3 Å². The minimum Gasteiger partial charge on any atom is -0.489 e. The topological polar surface area (TPSA) is 79.2 Å². The van der Waals surface area contributed by atoms with Gasteiger partial charge in [-0.05, 0) is 55.0 Å². The first-order valence-electron chi connectivity index (χ1n) is 8.69. The summed E-state index contributed by atoms with van der Waals surface area (Å²) in [5.41, 5.74) is 3.20. The van der Waals surface area contributed by atoms with Crippen molar-refractivity contribution < 1.29 is 14.3 Å². The molecule has 3 aromatic rings. The lowest BCUT2D eigenvalue weighted by Gasteiger charge is -2.09. The van der Waals surface area contributed by atoms with Crippen molar-refractivity contribution in [1.82, 2.24) is 0 Å². The smallest absolute Gasteiger partial charge is 0.255 e. The molecule has 0 aliphatic carbocycles. The zero-order chi connectivity index (χ0) is 19.9. The molecule has 0 aliphatic heterocycles. The normalized spacial score (nSPS) is 10.0. The van der Waals surface area contributed by atoms with Crippen LogP contribution in [0.5, 0.6) is 5.75 Å². The number of rotatable bonds is 6. The Hall–Kier alpha value is -3.91. The van der Waals surface area contributed by atoms with E-state index in [1.54, 1.807) is 60.7 Å². The summed E-state index contributed by atoms with van der Waals surface area (Å²) in [4.78, 5) is 23.7. The van der Waals surface area contributed by atoms with Crippen LogP contribution in [0.2, 0.25) is 0 Å². The predicted molar refractivity (Wildman–Crippen MR) is 106 cm³/mol. The van der Waals surface area contributed by atoms with E-state index in [9.17, 15) is 9.59 Å². The molecule has 1 amide bonds. The lowest BCUT2D eigenvalue weighted by Crippen LogP contribution is -2.12. The second-order valence-corrected chi connectivity index (χ2v) is 6.21. The minimum absolute atomic E-state index is 0.0217. The number of nitrogens with one attached hydrogen (secondary N) is 1. The SMILES string of the molecule is CC(=O)c1ccc(COc2cccc(C(=O)Nc3ccc(C#N)cc3)c2)cc1. The van der Waals surface area contributed by atoms with Crippen molar-refractivity contribution in [3.05, 3.63) is 95.1 Å². The van der Waals surface area contributed by atoms with Crippen LogP contribution in [0.1, 0.15) is 38.8 Å². The Bertz CT molecular complexity index is 1030. The molecular weight excluding hydrogens is 352 g/mol. The van der Waals surface area contributed by atoms with Gasteiger partial charge in [0.05, 0.1) is 11.6 Å². The van der Waals surface area contributed by atoms with Crippen molar-refractivity contribution in [3.8, 4) is 11.8 Å². The van der Waals surface area contributed by atoms with Gasteiger partial charge in [0.15, 0.2) is 5.78 Å². The third-order valence-electron chi connectivity index (χ3n) is 4.13. The highest BCUT2D eigenvalue weighted by Gasteiger charge is 2.08. The van der Waals surface area contributed by atoms with E-state index in [0.717, 1.165) is 5.56 Å². The number of anilines is 1. The number of hydrogen-bond acceptors (Lipinski definition) is 4. The summed E-state index contributed by atoms with van der Waals surface area (Å²) in [6.45, 7) is 1.86. The fourth-order valence-electron chi connectivity index (χ4n) is 2.56. The summed E-state index contributed by atoms with van der Waals surface area (Å²) in [6.07, 6.45) is 0. The lowest BCUT2D eigenvalue weighted by atomic mass is 10.1. The summed E-state index contributed by atoms with van der Waals surface area (Å²) in [7, 11) is 0. The average molecular weight is 370 g/mol. The molecule has 0 radical (unpaired) electrons. The van der Waals surface area contributed by atoms with E-state index in [1.807, 2.05) is 18.2 Å². The van der Waals surface area contributed by atoms with Gasteiger partial charge in [0.2, 0.25) is 0 Å². The van der Waals surface area contributed by atoms with Gasteiger partial charge in [0.1, 0.15) is 12.4 Å². The van der Waals surface area contributed by atoms with Crippen LogP contribution in [0.4, 0.5) is 5.69 Å². The summed E-state index contributed by atoms with van der Waals surface area (Å²) < 4.78 is 5.76. The average Bonchev–Trinajstić information content (AvgIpc) is 2.73. The number of ketones is 1. The highest BCUT2D eigenvalue weighted by molar-refractivity contribution is 6.04. The third-order valence-corrected chi connectivity index (χ3v) is 4.13. The number of ether oxygens (including phenoxy) is 1.